The van der Waals surface area contributed by atoms with Crippen LogP contribution in [0.25, 0.3) is 22.8 Å². The van der Waals surface area contributed by atoms with Crippen LogP contribution in [0.15, 0.2) is 60.9 Å². The molecule has 0 aliphatic carbocycles. The summed E-state index contributed by atoms with van der Waals surface area (Å²) in [5, 5.41) is 17.2. The number of rotatable bonds is 5. The summed E-state index contributed by atoms with van der Waals surface area (Å²) in [7, 11) is 0. The van der Waals surface area contributed by atoms with Crippen molar-refractivity contribution in [2.75, 3.05) is 0 Å². The molecule has 0 fully saturated rings. The maximum Gasteiger partial charge on any atom is 0.111 e. The van der Waals surface area contributed by atoms with Crippen LogP contribution in [0.3, 0.4) is 0 Å². The Labute approximate surface area is 148 Å². The fourth-order valence-corrected chi connectivity index (χ4v) is 2.17. The molecule has 1 atom stereocenters. The molecule has 5 heteroatoms. The fourth-order valence-electron chi connectivity index (χ4n) is 2.17. The molecule has 5 nitrogen and oxygen atoms in total. The summed E-state index contributed by atoms with van der Waals surface area (Å²) >= 11 is 0. The van der Waals surface area contributed by atoms with Crippen molar-refractivity contribution in [2.24, 2.45) is 0 Å². The Morgan fingerprint density at radius 1 is 0.760 bits per heavy atom. The first-order valence-corrected chi connectivity index (χ1v) is 8.59. The van der Waals surface area contributed by atoms with Gasteiger partial charge < -0.3 is 5.11 Å². The second-order valence-electron chi connectivity index (χ2n) is 5.58. The molecule has 0 saturated heterocycles. The summed E-state index contributed by atoms with van der Waals surface area (Å²) in [6.45, 7) is 4.08. The van der Waals surface area contributed by atoms with Crippen LogP contribution in [0.1, 0.15) is 33.1 Å². The summed E-state index contributed by atoms with van der Waals surface area (Å²) in [4.78, 5) is 8.47. The van der Waals surface area contributed by atoms with Gasteiger partial charge in [0.2, 0.25) is 0 Å². The molecule has 0 bridgehead atoms. The van der Waals surface area contributed by atoms with Gasteiger partial charge in [0.15, 0.2) is 0 Å². The molecule has 25 heavy (non-hydrogen) atoms. The molecule has 0 spiro atoms. The monoisotopic (exact) mass is 336 g/mol. The van der Waals surface area contributed by atoms with Crippen molar-refractivity contribution < 1.29 is 5.11 Å². The zero-order chi connectivity index (χ0) is 17.9. The van der Waals surface area contributed by atoms with Gasteiger partial charge in [-0.3, -0.25) is 9.97 Å². The van der Waals surface area contributed by atoms with E-state index in [0.29, 0.717) is 0 Å². The lowest BCUT2D eigenvalue weighted by Crippen LogP contribution is -2.01. The Bertz CT molecular complexity index is 659. The van der Waals surface area contributed by atoms with Crippen LogP contribution in [0.4, 0.5) is 0 Å². The highest BCUT2D eigenvalue weighted by Gasteiger charge is 2.03. The number of aliphatic hydroxyl groups excluding tert-OH is 1. The van der Waals surface area contributed by atoms with E-state index in [1.165, 1.54) is 0 Å². The van der Waals surface area contributed by atoms with Crippen LogP contribution in [-0.4, -0.2) is 31.4 Å². The van der Waals surface area contributed by atoms with Crippen molar-refractivity contribution in [2.45, 2.75) is 39.2 Å². The molecule has 3 aromatic rings. The molecule has 3 rings (SSSR count). The van der Waals surface area contributed by atoms with Crippen LogP contribution in [0, 0.1) is 0 Å². The van der Waals surface area contributed by atoms with Crippen molar-refractivity contribution >= 4 is 0 Å². The first-order valence-electron chi connectivity index (χ1n) is 8.59. The molecule has 0 saturated carbocycles. The normalized spacial score (nSPS) is 11.3. The smallest absolute Gasteiger partial charge is 0.111 e. The quantitative estimate of drug-likeness (QED) is 0.757. The van der Waals surface area contributed by atoms with E-state index in [0.717, 1.165) is 42.0 Å². The standard InChI is InChI=1S/C14H10N4.C6H14O/c1-3-9-15-11(5-1)13-7-8-14(18-17-13)12-6-2-4-10-16-12;1-3-5-6(7)4-2/h1-10H;6-7H,3-5H2,1-2H3. The summed E-state index contributed by atoms with van der Waals surface area (Å²) < 4.78 is 0. The van der Waals surface area contributed by atoms with E-state index in [1.54, 1.807) is 12.4 Å². The summed E-state index contributed by atoms with van der Waals surface area (Å²) in [5.41, 5.74) is 3.15. The maximum atomic E-state index is 8.86. The number of pyridine rings is 2. The van der Waals surface area contributed by atoms with Crippen molar-refractivity contribution in [1.29, 1.82) is 0 Å². The fraction of sp³-hybridized carbons (Fsp3) is 0.300. The van der Waals surface area contributed by atoms with Gasteiger partial charge in [-0.1, -0.05) is 32.4 Å². The van der Waals surface area contributed by atoms with Gasteiger partial charge in [0.1, 0.15) is 11.4 Å². The van der Waals surface area contributed by atoms with E-state index in [4.69, 9.17) is 5.11 Å². The van der Waals surface area contributed by atoms with Gasteiger partial charge in [0.05, 0.1) is 17.5 Å². The zero-order valence-corrected chi connectivity index (χ0v) is 14.7. The summed E-state index contributed by atoms with van der Waals surface area (Å²) in [5.74, 6) is 0. The van der Waals surface area contributed by atoms with Crippen molar-refractivity contribution in [3.63, 3.8) is 0 Å². The van der Waals surface area contributed by atoms with E-state index < -0.39 is 0 Å². The van der Waals surface area contributed by atoms with Crippen molar-refractivity contribution in [3.05, 3.63) is 60.9 Å². The number of hydrogen-bond donors (Lipinski definition) is 1. The molecule has 0 radical (unpaired) electrons. The highest BCUT2D eigenvalue weighted by molar-refractivity contribution is 5.58. The number of hydrogen-bond acceptors (Lipinski definition) is 5. The van der Waals surface area contributed by atoms with Gasteiger partial charge in [0, 0.05) is 12.4 Å². The molecule has 1 N–H and O–H groups in total. The third-order valence-corrected chi connectivity index (χ3v) is 3.61. The number of nitrogens with zero attached hydrogens (tertiary/aromatic N) is 4. The van der Waals surface area contributed by atoms with Gasteiger partial charge in [-0.25, -0.2) is 0 Å². The molecule has 0 aliphatic rings. The summed E-state index contributed by atoms with van der Waals surface area (Å²) in [6, 6.07) is 15.2. The van der Waals surface area contributed by atoms with E-state index >= 15 is 0 Å². The third-order valence-electron chi connectivity index (χ3n) is 3.61. The minimum Gasteiger partial charge on any atom is -0.393 e. The van der Waals surface area contributed by atoms with E-state index in [1.807, 2.05) is 55.5 Å². The van der Waals surface area contributed by atoms with E-state index in [2.05, 4.69) is 27.1 Å². The largest absolute Gasteiger partial charge is 0.393 e. The van der Waals surface area contributed by atoms with Crippen LogP contribution in [0.2, 0.25) is 0 Å². The second-order valence-corrected chi connectivity index (χ2v) is 5.58. The Balaban J connectivity index is 0.000000277. The molecule has 3 heterocycles. The van der Waals surface area contributed by atoms with E-state index in [9.17, 15) is 0 Å². The minimum atomic E-state index is -0.0509. The SMILES string of the molecule is CCCC(O)CC.c1ccc(-c2ccc(-c3ccccn3)nn2)nc1. The third kappa shape index (κ3) is 6.04. The number of aromatic nitrogens is 4. The van der Waals surface area contributed by atoms with Crippen LogP contribution < -0.4 is 0 Å². The Kier molecular flexibility index (Phi) is 7.66. The van der Waals surface area contributed by atoms with Gasteiger partial charge in [-0.2, -0.15) is 0 Å². The van der Waals surface area contributed by atoms with Crippen LogP contribution in [-0.2, 0) is 0 Å². The van der Waals surface area contributed by atoms with Crippen LogP contribution >= 0.6 is 0 Å². The van der Waals surface area contributed by atoms with Gasteiger partial charge in [-0.15, -0.1) is 10.2 Å². The van der Waals surface area contributed by atoms with Crippen molar-refractivity contribution in [1.82, 2.24) is 20.2 Å². The average Bonchev–Trinajstić information content (AvgIpc) is 2.70. The first-order chi connectivity index (χ1) is 12.2. The highest BCUT2D eigenvalue weighted by Crippen LogP contribution is 2.16. The topological polar surface area (TPSA) is 71.8 Å². The predicted octanol–water partition coefficient (Wildman–Crippen LogP) is 4.16. The molecule has 1 unspecified atom stereocenters. The lowest BCUT2D eigenvalue weighted by Gasteiger charge is -2.01. The molecule has 0 aliphatic heterocycles. The molecule has 0 amide bonds. The zero-order valence-electron chi connectivity index (χ0n) is 14.7. The molecular formula is C20H24N4O. The average molecular weight is 336 g/mol. The lowest BCUT2D eigenvalue weighted by atomic mass is 10.2. The number of aliphatic hydroxyl groups is 1. The van der Waals surface area contributed by atoms with Crippen LogP contribution in [0.5, 0.6) is 0 Å². The lowest BCUT2D eigenvalue weighted by molar-refractivity contribution is 0.159. The molecular weight excluding hydrogens is 312 g/mol. The Morgan fingerprint density at radius 3 is 1.56 bits per heavy atom. The maximum absolute atomic E-state index is 8.86. The van der Waals surface area contributed by atoms with Gasteiger partial charge in [-0.05, 0) is 49.2 Å². The highest BCUT2D eigenvalue weighted by atomic mass is 16.3. The predicted molar refractivity (Wildman–Crippen MR) is 99.7 cm³/mol. The van der Waals surface area contributed by atoms with Gasteiger partial charge in [0.25, 0.3) is 0 Å². The minimum absolute atomic E-state index is 0.0509. The molecule has 0 aromatic carbocycles. The van der Waals surface area contributed by atoms with Gasteiger partial charge >= 0.3 is 0 Å². The first kappa shape index (κ1) is 18.7. The van der Waals surface area contributed by atoms with Crippen molar-refractivity contribution in [3.8, 4) is 22.8 Å². The summed E-state index contributed by atoms with van der Waals surface area (Å²) in [6.07, 6.45) is 6.37. The molecule has 3 aromatic heterocycles. The molecule has 130 valence electrons. The Morgan fingerprint density at radius 2 is 1.28 bits per heavy atom. The Hall–Kier alpha value is -2.66. The van der Waals surface area contributed by atoms with E-state index in [-0.39, 0.29) is 6.10 Å². The second kappa shape index (κ2) is 10.3.